The molecule has 148 valence electrons. The summed E-state index contributed by atoms with van der Waals surface area (Å²) in [6.45, 7) is 6.35. The van der Waals surface area contributed by atoms with E-state index in [4.69, 9.17) is 9.47 Å². The van der Waals surface area contributed by atoms with Gasteiger partial charge in [0.15, 0.2) is 0 Å². The minimum Gasteiger partial charge on any atom is -0.481 e. The maximum Gasteiger partial charge on any atom is 0.309 e. The molecule has 3 rings (SSSR count). The van der Waals surface area contributed by atoms with Gasteiger partial charge in [0, 0.05) is 25.3 Å². The number of benzene rings is 1. The van der Waals surface area contributed by atoms with E-state index in [2.05, 4.69) is 0 Å². The topological polar surface area (TPSA) is 76.1 Å². The van der Waals surface area contributed by atoms with Crippen LogP contribution in [0.25, 0.3) is 0 Å². The minimum absolute atomic E-state index is 0.0342. The number of aliphatic carboxylic acids is 1. The molecule has 0 aliphatic carbocycles. The van der Waals surface area contributed by atoms with Crippen molar-refractivity contribution in [2.24, 2.45) is 11.8 Å². The number of likely N-dealkylation sites (tertiary alicyclic amines) is 1. The summed E-state index contributed by atoms with van der Waals surface area (Å²) in [5, 5.41) is 9.34. The maximum absolute atomic E-state index is 12.7. The smallest absolute Gasteiger partial charge is 0.309 e. The second kappa shape index (κ2) is 8.85. The Bertz CT molecular complexity index is 649. The van der Waals surface area contributed by atoms with Gasteiger partial charge in [-0.2, -0.15) is 0 Å². The average Bonchev–Trinajstić information content (AvgIpc) is 3.16. The molecule has 1 N–H and O–H groups in total. The summed E-state index contributed by atoms with van der Waals surface area (Å²) in [5.74, 6) is -0.921. The van der Waals surface area contributed by atoms with E-state index in [1.165, 1.54) is 0 Å². The van der Waals surface area contributed by atoms with E-state index in [1.54, 1.807) is 0 Å². The summed E-state index contributed by atoms with van der Waals surface area (Å²) in [4.78, 5) is 26.0. The van der Waals surface area contributed by atoms with Crippen LogP contribution in [-0.4, -0.2) is 53.8 Å². The number of rotatable bonds is 6. The first kappa shape index (κ1) is 19.8. The molecule has 2 aliphatic rings. The fourth-order valence-electron chi connectivity index (χ4n) is 3.96. The van der Waals surface area contributed by atoms with Crippen LogP contribution in [0.4, 0.5) is 0 Å². The highest BCUT2D eigenvalue weighted by molar-refractivity contribution is 5.94. The van der Waals surface area contributed by atoms with Crippen molar-refractivity contribution in [1.29, 1.82) is 0 Å². The van der Waals surface area contributed by atoms with Crippen LogP contribution in [0.1, 0.15) is 49.0 Å². The molecule has 0 radical (unpaired) electrons. The quantitative estimate of drug-likeness (QED) is 0.827. The summed E-state index contributed by atoms with van der Waals surface area (Å²) in [5.41, 5.74) is 1.74. The van der Waals surface area contributed by atoms with Gasteiger partial charge in [-0.25, -0.2) is 0 Å². The Kier molecular flexibility index (Phi) is 6.50. The third-order valence-electron chi connectivity index (χ3n) is 5.53. The number of ether oxygens (including phenoxy) is 2. The van der Waals surface area contributed by atoms with Crippen LogP contribution >= 0.6 is 0 Å². The summed E-state index contributed by atoms with van der Waals surface area (Å²) in [7, 11) is 0. The van der Waals surface area contributed by atoms with Crippen molar-refractivity contribution < 1.29 is 24.2 Å². The lowest BCUT2D eigenvalue weighted by Gasteiger charge is -2.35. The fourth-order valence-corrected chi connectivity index (χ4v) is 3.96. The lowest BCUT2D eigenvalue weighted by molar-refractivity contribution is -0.145. The Morgan fingerprint density at radius 3 is 2.44 bits per heavy atom. The number of piperidine rings is 1. The number of carboxylic acid groups (broad SMARTS) is 1. The van der Waals surface area contributed by atoms with E-state index in [-0.39, 0.29) is 24.0 Å². The van der Waals surface area contributed by atoms with Gasteiger partial charge in [-0.1, -0.05) is 12.1 Å². The van der Waals surface area contributed by atoms with E-state index in [0.29, 0.717) is 38.3 Å². The highest BCUT2D eigenvalue weighted by Crippen LogP contribution is 2.33. The third kappa shape index (κ3) is 4.87. The second-order valence-corrected chi connectivity index (χ2v) is 7.76. The first-order valence-corrected chi connectivity index (χ1v) is 9.80. The van der Waals surface area contributed by atoms with Crippen LogP contribution in [0.5, 0.6) is 0 Å². The molecule has 6 heteroatoms. The Morgan fingerprint density at radius 1 is 1.19 bits per heavy atom. The first-order chi connectivity index (χ1) is 13.0. The lowest BCUT2D eigenvalue weighted by atomic mass is 9.84. The number of nitrogens with zero attached hydrogens (tertiary/aromatic N) is 1. The first-order valence-electron chi connectivity index (χ1n) is 9.80. The molecule has 2 aliphatic heterocycles. The molecule has 0 spiro atoms. The lowest BCUT2D eigenvalue weighted by Crippen LogP contribution is -2.43. The van der Waals surface area contributed by atoms with Gasteiger partial charge in [-0.05, 0) is 56.7 Å². The zero-order valence-corrected chi connectivity index (χ0v) is 16.1. The molecule has 27 heavy (non-hydrogen) atoms. The van der Waals surface area contributed by atoms with E-state index in [0.717, 1.165) is 18.4 Å². The van der Waals surface area contributed by atoms with Gasteiger partial charge >= 0.3 is 5.97 Å². The highest BCUT2D eigenvalue weighted by Gasteiger charge is 2.40. The SMILES string of the molecule is CC(C)OCc1ccc(C(=O)N2CCC([C@@H]3OCCC3C(=O)O)CC2)cc1. The monoisotopic (exact) mass is 375 g/mol. The highest BCUT2D eigenvalue weighted by atomic mass is 16.5. The van der Waals surface area contributed by atoms with Crippen molar-refractivity contribution in [1.82, 2.24) is 4.90 Å². The molecule has 6 nitrogen and oxygen atoms in total. The van der Waals surface area contributed by atoms with E-state index < -0.39 is 11.9 Å². The van der Waals surface area contributed by atoms with Crippen molar-refractivity contribution in [2.75, 3.05) is 19.7 Å². The molecule has 1 aromatic carbocycles. The zero-order valence-electron chi connectivity index (χ0n) is 16.1. The molecule has 2 atom stereocenters. The molecule has 0 saturated carbocycles. The van der Waals surface area contributed by atoms with Crippen molar-refractivity contribution in [3.63, 3.8) is 0 Å². The van der Waals surface area contributed by atoms with Crippen LogP contribution in [0, 0.1) is 11.8 Å². The van der Waals surface area contributed by atoms with Crippen molar-refractivity contribution in [2.45, 2.75) is 51.9 Å². The van der Waals surface area contributed by atoms with Gasteiger partial charge in [0.1, 0.15) is 0 Å². The van der Waals surface area contributed by atoms with Crippen LogP contribution < -0.4 is 0 Å². The average molecular weight is 375 g/mol. The largest absolute Gasteiger partial charge is 0.481 e. The number of carbonyl (C=O) groups is 2. The molecule has 1 aromatic rings. The predicted octanol–water partition coefficient (Wildman–Crippen LogP) is 2.95. The zero-order chi connectivity index (χ0) is 19.4. The predicted molar refractivity (Wildman–Crippen MR) is 100 cm³/mol. The number of hydrogen-bond acceptors (Lipinski definition) is 4. The Hall–Kier alpha value is -1.92. The van der Waals surface area contributed by atoms with Gasteiger partial charge < -0.3 is 19.5 Å². The number of hydrogen-bond donors (Lipinski definition) is 1. The van der Waals surface area contributed by atoms with E-state index >= 15 is 0 Å². The molecule has 2 fully saturated rings. The molecular formula is C21H29NO5. The van der Waals surface area contributed by atoms with Gasteiger partial charge in [-0.15, -0.1) is 0 Å². The van der Waals surface area contributed by atoms with Crippen LogP contribution in [0.2, 0.25) is 0 Å². The van der Waals surface area contributed by atoms with Crippen LogP contribution in [0.3, 0.4) is 0 Å². The van der Waals surface area contributed by atoms with Crippen LogP contribution in [-0.2, 0) is 20.9 Å². The number of carbonyl (C=O) groups excluding carboxylic acids is 1. The van der Waals surface area contributed by atoms with Crippen LogP contribution in [0.15, 0.2) is 24.3 Å². The molecule has 1 amide bonds. The Balaban J connectivity index is 1.53. The van der Waals surface area contributed by atoms with Gasteiger partial charge in [0.05, 0.1) is 24.7 Å². The third-order valence-corrected chi connectivity index (χ3v) is 5.53. The Labute approximate surface area is 160 Å². The maximum atomic E-state index is 12.7. The summed E-state index contributed by atoms with van der Waals surface area (Å²) in [6.07, 6.45) is 2.14. The summed E-state index contributed by atoms with van der Waals surface area (Å²) in [6, 6.07) is 7.58. The molecule has 0 aromatic heterocycles. The second-order valence-electron chi connectivity index (χ2n) is 7.76. The summed E-state index contributed by atoms with van der Waals surface area (Å²) >= 11 is 0. The summed E-state index contributed by atoms with van der Waals surface area (Å²) < 4.78 is 11.3. The fraction of sp³-hybridized carbons (Fsp3) is 0.619. The Morgan fingerprint density at radius 2 is 1.85 bits per heavy atom. The molecule has 2 saturated heterocycles. The van der Waals surface area contributed by atoms with E-state index in [9.17, 15) is 14.7 Å². The molecule has 2 heterocycles. The van der Waals surface area contributed by atoms with Gasteiger partial charge in [-0.3, -0.25) is 9.59 Å². The normalized spacial score (nSPS) is 23.7. The van der Waals surface area contributed by atoms with Gasteiger partial charge in [0.2, 0.25) is 0 Å². The molecular weight excluding hydrogens is 346 g/mol. The standard InChI is InChI=1S/C21H29NO5/c1-14(2)27-13-15-3-5-17(6-4-15)20(23)22-10-7-16(8-11-22)19-18(21(24)25)9-12-26-19/h3-6,14,16,18-19H,7-13H2,1-2H3,(H,24,25)/t18?,19-/m0/s1. The number of carboxylic acids is 1. The number of amides is 1. The van der Waals surface area contributed by atoms with Gasteiger partial charge in [0.25, 0.3) is 5.91 Å². The molecule has 0 bridgehead atoms. The van der Waals surface area contributed by atoms with Crippen molar-refractivity contribution >= 4 is 11.9 Å². The minimum atomic E-state index is -0.766. The van der Waals surface area contributed by atoms with Crippen molar-refractivity contribution in [3.05, 3.63) is 35.4 Å². The molecule has 1 unspecified atom stereocenters. The van der Waals surface area contributed by atoms with E-state index in [1.807, 2.05) is 43.0 Å². The van der Waals surface area contributed by atoms with Crippen molar-refractivity contribution in [3.8, 4) is 0 Å².